The highest BCUT2D eigenvalue weighted by Gasteiger charge is 2.12. The van der Waals surface area contributed by atoms with Crippen LogP contribution in [0, 0.1) is 11.6 Å². The van der Waals surface area contributed by atoms with E-state index in [4.69, 9.17) is 11.6 Å². The van der Waals surface area contributed by atoms with Gasteiger partial charge in [-0.1, -0.05) is 29.8 Å². The van der Waals surface area contributed by atoms with E-state index in [-0.39, 0.29) is 24.6 Å². The fraction of sp³-hybridized carbons (Fsp3) is 0.188. The number of anilines is 1. The van der Waals surface area contributed by atoms with Gasteiger partial charge in [0.25, 0.3) is 0 Å². The van der Waals surface area contributed by atoms with Gasteiger partial charge in [0.2, 0.25) is 5.91 Å². The van der Waals surface area contributed by atoms with Crippen molar-refractivity contribution in [2.24, 2.45) is 0 Å². The number of nitrogens with zero attached hydrogens (tertiary/aromatic N) is 1. The van der Waals surface area contributed by atoms with Crippen LogP contribution >= 0.6 is 11.6 Å². The van der Waals surface area contributed by atoms with E-state index in [2.05, 4.69) is 5.32 Å². The first-order chi connectivity index (χ1) is 10.5. The normalized spacial score (nSPS) is 10.8. The molecule has 0 heterocycles. The number of nitrogens with one attached hydrogen (secondary N) is 1. The number of amides is 1. The third-order valence-electron chi connectivity index (χ3n) is 3.01. The maximum Gasteiger partial charge on any atom is 0.238 e. The summed E-state index contributed by atoms with van der Waals surface area (Å²) in [7, 11) is 1.68. The van der Waals surface area contributed by atoms with Crippen LogP contribution in [-0.4, -0.2) is 24.4 Å². The number of benzene rings is 2. The Balaban J connectivity index is 1.94. The largest absolute Gasteiger partial charge is 0.322 e. The van der Waals surface area contributed by atoms with Crippen molar-refractivity contribution >= 4 is 23.2 Å². The van der Waals surface area contributed by atoms with Crippen molar-refractivity contribution in [3.63, 3.8) is 0 Å². The molecule has 6 heteroatoms. The fourth-order valence-electron chi connectivity index (χ4n) is 2.00. The van der Waals surface area contributed by atoms with Crippen LogP contribution in [0.2, 0.25) is 5.02 Å². The summed E-state index contributed by atoms with van der Waals surface area (Å²) in [4.78, 5) is 13.5. The number of hydrogen-bond donors (Lipinski definition) is 1. The van der Waals surface area contributed by atoms with Crippen molar-refractivity contribution in [1.82, 2.24) is 4.90 Å². The summed E-state index contributed by atoms with van der Waals surface area (Å²) in [6, 6.07) is 10.3. The van der Waals surface area contributed by atoms with Crippen molar-refractivity contribution in [3.8, 4) is 0 Å². The predicted molar refractivity (Wildman–Crippen MR) is 82.8 cm³/mol. The average molecular weight is 325 g/mol. The molecule has 2 aromatic carbocycles. The van der Waals surface area contributed by atoms with Gasteiger partial charge in [-0.3, -0.25) is 9.69 Å². The Morgan fingerprint density at radius 2 is 1.91 bits per heavy atom. The van der Waals surface area contributed by atoms with E-state index in [9.17, 15) is 13.6 Å². The van der Waals surface area contributed by atoms with E-state index in [0.29, 0.717) is 10.6 Å². The van der Waals surface area contributed by atoms with Gasteiger partial charge in [0, 0.05) is 17.1 Å². The van der Waals surface area contributed by atoms with E-state index < -0.39 is 11.7 Å². The first-order valence-electron chi connectivity index (χ1n) is 6.62. The van der Waals surface area contributed by atoms with Gasteiger partial charge in [0.15, 0.2) is 0 Å². The van der Waals surface area contributed by atoms with E-state index in [1.807, 2.05) is 0 Å². The quantitative estimate of drug-likeness (QED) is 0.909. The monoisotopic (exact) mass is 324 g/mol. The minimum Gasteiger partial charge on any atom is -0.322 e. The van der Waals surface area contributed by atoms with Gasteiger partial charge in [-0.2, -0.15) is 0 Å². The third kappa shape index (κ3) is 4.51. The lowest BCUT2D eigenvalue weighted by Crippen LogP contribution is -2.30. The first kappa shape index (κ1) is 16.4. The molecule has 2 rings (SSSR count). The van der Waals surface area contributed by atoms with E-state index in [1.54, 1.807) is 30.1 Å². The molecule has 2 aromatic rings. The Labute approximate surface area is 132 Å². The summed E-state index contributed by atoms with van der Waals surface area (Å²) < 4.78 is 27.1. The third-order valence-corrected chi connectivity index (χ3v) is 3.25. The van der Waals surface area contributed by atoms with E-state index in [1.165, 1.54) is 24.3 Å². The lowest BCUT2D eigenvalue weighted by atomic mass is 10.2. The second-order valence-electron chi connectivity index (χ2n) is 4.94. The highest BCUT2D eigenvalue weighted by molar-refractivity contribution is 6.30. The lowest BCUT2D eigenvalue weighted by molar-refractivity contribution is -0.117. The van der Waals surface area contributed by atoms with Gasteiger partial charge < -0.3 is 5.32 Å². The van der Waals surface area contributed by atoms with Crippen molar-refractivity contribution in [2.45, 2.75) is 6.54 Å². The van der Waals surface area contributed by atoms with Crippen molar-refractivity contribution in [2.75, 3.05) is 18.9 Å². The number of halogens is 3. The van der Waals surface area contributed by atoms with Crippen LogP contribution < -0.4 is 5.32 Å². The summed E-state index contributed by atoms with van der Waals surface area (Å²) in [5.74, 6) is -1.29. The first-order valence-corrected chi connectivity index (χ1v) is 7.00. The maximum atomic E-state index is 13.5. The van der Waals surface area contributed by atoms with E-state index in [0.717, 1.165) is 0 Å². The Morgan fingerprint density at radius 1 is 1.18 bits per heavy atom. The summed E-state index contributed by atoms with van der Waals surface area (Å²) >= 11 is 5.76. The molecule has 0 aromatic heterocycles. The van der Waals surface area contributed by atoms with Crippen LogP contribution in [0.4, 0.5) is 14.5 Å². The van der Waals surface area contributed by atoms with Crippen LogP contribution in [-0.2, 0) is 11.3 Å². The number of rotatable bonds is 5. The molecule has 0 aliphatic rings. The van der Waals surface area contributed by atoms with E-state index >= 15 is 0 Å². The van der Waals surface area contributed by atoms with Gasteiger partial charge >= 0.3 is 0 Å². The summed E-state index contributed by atoms with van der Waals surface area (Å²) in [5.41, 5.74) is 0.517. The van der Waals surface area contributed by atoms with Crippen LogP contribution in [0.3, 0.4) is 0 Å². The van der Waals surface area contributed by atoms with Crippen LogP contribution in [0.5, 0.6) is 0 Å². The molecular formula is C16H15ClF2N2O. The molecule has 0 bridgehead atoms. The summed E-state index contributed by atoms with van der Waals surface area (Å²) in [5, 5.41) is 2.78. The van der Waals surface area contributed by atoms with Gasteiger partial charge in [-0.15, -0.1) is 0 Å². The smallest absolute Gasteiger partial charge is 0.238 e. The molecule has 1 amide bonds. The molecule has 0 aliphatic carbocycles. The standard InChI is InChI=1S/C16H15ClF2N2O/c1-21(9-11-4-2-3-5-13(11)18)10-16(22)20-15-8-12(17)6-7-14(15)19/h2-8H,9-10H2,1H3,(H,20,22). The second-order valence-corrected chi connectivity index (χ2v) is 5.37. The molecule has 116 valence electrons. The molecule has 0 radical (unpaired) electrons. The average Bonchev–Trinajstić information content (AvgIpc) is 2.45. The Morgan fingerprint density at radius 3 is 2.64 bits per heavy atom. The van der Waals surface area contributed by atoms with Crippen LogP contribution in [0.1, 0.15) is 5.56 Å². The maximum absolute atomic E-state index is 13.5. The zero-order valence-electron chi connectivity index (χ0n) is 11.9. The summed E-state index contributed by atoms with van der Waals surface area (Å²) in [6.45, 7) is 0.276. The molecule has 3 nitrogen and oxygen atoms in total. The molecular weight excluding hydrogens is 310 g/mol. The molecule has 0 unspecified atom stereocenters. The molecule has 0 saturated carbocycles. The van der Waals surface area contributed by atoms with Crippen LogP contribution in [0.15, 0.2) is 42.5 Å². The Hall–Kier alpha value is -1.98. The number of carbonyl (C=O) groups excluding carboxylic acids is 1. The SMILES string of the molecule is CN(CC(=O)Nc1cc(Cl)ccc1F)Cc1ccccc1F. The molecule has 1 N–H and O–H groups in total. The topological polar surface area (TPSA) is 32.3 Å². The number of carbonyl (C=O) groups is 1. The lowest BCUT2D eigenvalue weighted by Gasteiger charge is -2.17. The van der Waals surface area contributed by atoms with Gasteiger partial charge in [-0.25, -0.2) is 8.78 Å². The highest BCUT2D eigenvalue weighted by Crippen LogP contribution is 2.19. The van der Waals surface area contributed by atoms with Crippen molar-refractivity contribution < 1.29 is 13.6 Å². The Kier molecular flexibility index (Phi) is 5.46. The van der Waals surface area contributed by atoms with Crippen LogP contribution in [0.25, 0.3) is 0 Å². The minimum absolute atomic E-state index is 0.000285. The second kappa shape index (κ2) is 7.33. The highest BCUT2D eigenvalue weighted by atomic mass is 35.5. The molecule has 0 atom stereocenters. The fourth-order valence-corrected chi connectivity index (χ4v) is 2.17. The molecule has 22 heavy (non-hydrogen) atoms. The Bertz CT molecular complexity index is 679. The van der Waals surface area contributed by atoms with Crippen molar-refractivity contribution in [1.29, 1.82) is 0 Å². The predicted octanol–water partition coefficient (Wildman–Crippen LogP) is 3.69. The molecule has 0 saturated heterocycles. The minimum atomic E-state index is -0.561. The molecule has 0 spiro atoms. The number of likely N-dealkylation sites (N-methyl/N-ethyl adjacent to an activating group) is 1. The molecule has 0 aliphatic heterocycles. The number of hydrogen-bond acceptors (Lipinski definition) is 2. The van der Waals surface area contributed by atoms with Crippen molar-refractivity contribution in [3.05, 3.63) is 64.7 Å². The van der Waals surface area contributed by atoms with Gasteiger partial charge in [0.05, 0.1) is 12.2 Å². The summed E-state index contributed by atoms with van der Waals surface area (Å²) in [6.07, 6.45) is 0. The zero-order chi connectivity index (χ0) is 16.1. The zero-order valence-corrected chi connectivity index (χ0v) is 12.7. The van der Waals surface area contributed by atoms with Gasteiger partial charge in [-0.05, 0) is 31.3 Å². The molecule has 0 fully saturated rings. The van der Waals surface area contributed by atoms with Gasteiger partial charge in [0.1, 0.15) is 11.6 Å².